The molecule has 0 spiro atoms. The van der Waals surface area contributed by atoms with Crippen LogP contribution in [0.3, 0.4) is 0 Å². The van der Waals surface area contributed by atoms with Crippen LogP contribution in [0, 0.1) is 19.7 Å². The van der Waals surface area contributed by atoms with E-state index in [1.54, 1.807) is 18.2 Å². The molecular formula is C20H23FN2O4S. The average Bonchev–Trinajstić information content (AvgIpc) is 2.69. The smallest absolute Gasteiger partial charge is 0.254 e. The lowest BCUT2D eigenvalue weighted by Gasteiger charge is -2.34. The van der Waals surface area contributed by atoms with Gasteiger partial charge in [0.15, 0.2) is 11.6 Å². The maximum absolute atomic E-state index is 13.9. The van der Waals surface area contributed by atoms with Gasteiger partial charge in [0.2, 0.25) is 10.0 Å². The summed E-state index contributed by atoms with van der Waals surface area (Å²) in [7, 11) is -2.26. The number of rotatable bonds is 4. The summed E-state index contributed by atoms with van der Waals surface area (Å²) in [5.74, 6) is -0.866. The van der Waals surface area contributed by atoms with E-state index in [1.807, 2.05) is 13.8 Å². The van der Waals surface area contributed by atoms with Gasteiger partial charge in [0.25, 0.3) is 5.91 Å². The zero-order chi connectivity index (χ0) is 20.5. The number of piperazine rings is 1. The molecule has 1 amide bonds. The molecule has 0 aromatic heterocycles. The monoisotopic (exact) mass is 406 g/mol. The number of amides is 1. The first-order chi connectivity index (χ1) is 13.2. The van der Waals surface area contributed by atoms with E-state index in [9.17, 15) is 17.6 Å². The molecule has 0 saturated carbocycles. The third-order valence-electron chi connectivity index (χ3n) is 5.04. The third-order valence-corrected chi connectivity index (χ3v) is 6.94. The van der Waals surface area contributed by atoms with Gasteiger partial charge in [-0.15, -0.1) is 0 Å². The van der Waals surface area contributed by atoms with Gasteiger partial charge >= 0.3 is 0 Å². The summed E-state index contributed by atoms with van der Waals surface area (Å²) >= 11 is 0. The van der Waals surface area contributed by atoms with Crippen LogP contribution in [0.5, 0.6) is 5.75 Å². The minimum atomic E-state index is -3.61. The van der Waals surface area contributed by atoms with Gasteiger partial charge in [-0.05, 0) is 55.3 Å². The Morgan fingerprint density at radius 1 is 1.00 bits per heavy atom. The molecule has 0 radical (unpaired) electrons. The van der Waals surface area contributed by atoms with Crippen molar-refractivity contribution in [1.29, 1.82) is 0 Å². The highest BCUT2D eigenvalue weighted by Crippen LogP contribution is 2.22. The second kappa shape index (κ2) is 7.89. The number of hydrogen-bond donors (Lipinski definition) is 0. The largest absolute Gasteiger partial charge is 0.494 e. The number of carbonyl (C=O) groups is 1. The van der Waals surface area contributed by atoms with E-state index < -0.39 is 15.8 Å². The first kappa shape index (κ1) is 20.3. The standard InChI is InChI=1S/C20H23FN2O4S/c1-14-4-6-17(12-15(14)2)28(25,26)23-10-8-22(9-11-23)20(24)16-5-7-19(27-3)18(21)13-16/h4-7,12-13H,8-11H2,1-3H3. The Labute approximate surface area is 164 Å². The van der Waals surface area contributed by atoms with Crippen molar-refractivity contribution < 1.29 is 22.3 Å². The van der Waals surface area contributed by atoms with Crippen molar-refractivity contribution in [3.8, 4) is 5.75 Å². The molecule has 1 saturated heterocycles. The average molecular weight is 406 g/mol. The second-order valence-corrected chi connectivity index (χ2v) is 8.73. The van der Waals surface area contributed by atoms with E-state index in [0.29, 0.717) is 0 Å². The van der Waals surface area contributed by atoms with E-state index >= 15 is 0 Å². The summed E-state index contributed by atoms with van der Waals surface area (Å²) in [5, 5.41) is 0. The second-order valence-electron chi connectivity index (χ2n) is 6.79. The van der Waals surface area contributed by atoms with Crippen molar-refractivity contribution in [1.82, 2.24) is 9.21 Å². The summed E-state index contributed by atoms with van der Waals surface area (Å²) in [5.41, 5.74) is 2.15. The van der Waals surface area contributed by atoms with E-state index in [4.69, 9.17) is 4.74 Å². The SMILES string of the molecule is COc1ccc(C(=O)N2CCN(S(=O)(=O)c3ccc(C)c(C)c3)CC2)cc1F. The summed E-state index contributed by atoms with van der Waals surface area (Å²) in [4.78, 5) is 14.4. The number of sulfonamides is 1. The summed E-state index contributed by atoms with van der Waals surface area (Å²) in [6.07, 6.45) is 0. The Bertz CT molecular complexity index is 999. The molecule has 0 atom stereocenters. The molecule has 8 heteroatoms. The topological polar surface area (TPSA) is 66.9 Å². The maximum Gasteiger partial charge on any atom is 0.254 e. The summed E-state index contributed by atoms with van der Waals surface area (Å²) in [6.45, 7) is 4.68. The Hall–Kier alpha value is -2.45. The van der Waals surface area contributed by atoms with Crippen LogP contribution in [0.25, 0.3) is 0 Å². The molecule has 1 fully saturated rings. The van der Waals surface area contributed by atoms with Crippen molar-refractivity contribution in [2.45, 2.75) is 18.7 Å². The lowest BCUT2D eigenvalue weighted by atomic mass is 10.1. The van der Waals surface area contributed by atoms with Gasteiger partial charge in [-0.3, -0.25) is 4.79 Å². The highest BCUT2D eigenvalue weighted by molar-refractivity contribution is 7.89. The molecular weight excluding hydrogens is 383 g/mol. The van der Waals surface area contributed by atoms with Crippen molar-refractivity contribution >= 4 is 15.9 Å². The number of methoxy groups -OCH3 is 1. The van der Waals surface area contributed by atoms with E-state index in [2.05, 4.69) is 0 Å². The van der Waals surface area contributed by atoms with Crippen LogP contribution in [0.1, 0.15) is 21.5 Å². The number of nitrogens with zero attached hydrogens (tertiary/aromatic N) is 2. The minimum absolute atomic E-state index is 0.0702. The first-order valence-corrected chi connectivity index (χ1v) is 10.4. The van der Waals surface area contributed by atoms with E-state index in [-0.39, 0.29) is 48.3 Å². The number of hydrogen-bond acceptors (Lipinski definition) is 4. The normalized spacial score (nSPS) is 15.5. The van der Waals surface area contributed by atoms with Gasteiger partial charge in [-0.1, -0.05) is 6.07 Å². The predicted molar refractivity (Wildman–Crippen MR) is 104 cm³/mol. The van der Waals surface area contributed by atoms with Crippen LogP contribution in [0.4, 0.5) is 4.39 Å². The fourth-order valence-corrected chi connectivity index (χ4v) is 4.64. The van der Waals surface area contributed by atoms with Crippen LogP contribution < -0.4 is 4.74 Å². The number of benzene rings is 2. The number of aryl methyl sites for hydroxylation is 2. The molecule has 0 unspecified atom stereocenters. The quantitative estimate of drug-likeness (QED) is 0.783. The lowest BCUT2D eigenvalue weighted by molar-refractivity contribution is 0.0697. The Balaban J connectivity index is 1.70. The highest BCUT2D eigenvalue weighted by Gasteiger charge is 2.30. The van der Waals surface area contributed by atoms with Gasteiger partial charge in [0, 0.05) is 31.7 Å². The van der Waals surface area contributed by atoms with Gasteiger partial charge in [0.1, 0.15) is 0 Å². The van der Waals surface area contributed by atoms with Crippen molar-refractivity contribution in [2.75, 3.05) is 33.3 Å². The fourth-order valence-electron chi connectivity index (χ4n) is 3.14. The van der Waals surface area contributed by atoms with Crippen LogP contribution in [-0.2, 0) is 10.0 Å². The fraction of sp³-hybridized carbons (Fsp3) is 0.350. The van der Waals surface area contributed by atoms with E-state index in [1.165, 1.54) is 28.4 Å². The van der Waals surface area contributed by atoms with E-state index in [0.717, 1.165) is 17.2 Å². The molecule has 6 nitrogen and oxygen atoms in total. The minimum Gasteiger partial charge on any atom is -0.494 e. The zero-order valence-electron chi connectivity index (χ0n) is 16.1. The lowest BCUT2D eigenvalue weighted by Crippen LogP contribution is -2.50. The molecule has 3 rings (SSSR count). The van der Waals surface area contributed by atoms with Crippen molar-refractivity contribution in [3.63, 3.8) is 0 Å². The number of carbonyl (C=O) groups excluding carboxylic acids is 1. The molecule has 0 aliphatic carbocycles. The van der Waals surface area contributed by atoms with Crippen LogP contribution >= 0.6 is 0 Å². The number of halogens is 1. The number of ether oxygens (including phenoxy) is 1. The summed E-state index contributed by atoms with van der Waals surface area (Å²) in [6, 6.07) is 9.11. The Morgan fingerprint density at radius 3 is 2.25 bits per heavy atom. The maximum atomic E-state index is 13.9. The molecule has 0 bridgehead atoms. The van der Waals surface area contributed by atoms with Crippen LogP contribution in [0.2, 0.25) is 0 Å². The molecule has 0 N–H and O–H groups in total. The Morgan fingerprint density at radius 2 is 1.68 bits per heavy atom. The highest BCUT2D eigenvalue weighted by atomic mass is 32.2. The van der Waals surface area contributed by atoms with Gasteiger partial charge in [0.05, 0.1) is 12.0 Å². The molecule has 2 aromatic carbocycles. The third kappa shape index (κ3) is 3.88. The zero-order valence-corrected chi connectivity index (χ0v) is 16.9. The molecule has 1 heterocycles. The van der Waals surface area contributed by atoms with Gasteiger partial charge in [-0.2, -0.15) is 4.31 Å². The van der Waals surface area contributed by atoms with Crippen LogP contribution in [0.15, 0.2) is 41.3 Å². The Kier molecular flexibility index (Phi) is 5.71. The molecule has 150 valence electrons. The molecule has 2 aromatic rings. The first-order valence-electron chi connectivity index (χ1n) is 8.94. The van der Waals surface area contributed by atoms with Gasteiger partial charge in [-0.25, -0.2) is 12.8 Å². The molecule has 1 aliphatic rings. The summed E-state index contributed by atoms with van der Waals surface area (Å²) < 4.78 is 45.9. The van der Waals surface area contributed by atoms with Crippen molar-refractivity contribution in [2.24, 2.45) is 0 Å². The predicted octanol–water partition coefficient (Wildman–Crippen LogP) is 2.60. The van der Waals surface area contributed by atoms with Crippen LogP contribution in [-0.4, -0.2) is 56.8 Å². The van der Waals surface area contributed by atoms with Crippen molar-refractivity contribution in [3.05, 3.63) is 58.9 Å². The molecule has 1 aliphatic heterocycles. The molecule has 28 heavy (non-hydrogen) atoms. The van der Waals surface area contributed by atoms with Gasteiger partial charge < -0.3 is 9.64 Å².